The Bertz CT molecular complexity index is 1100. The fraction of sp³-hybridized carbons (Fsp3) is 0.118. The van der Waals surface area contributed by atoms with E-state index >= 15 is 0 Å². The van der Waals surface area contributed by atoms with E-state index in [1.54, 1.807) is 30.5 Å². The topological polar surface area (TPSA) is 105 Å². The maximum Gasteiger partial charge on any atom is 0.188 e. The highest BCUT2D eigenvalue weighted by Gasteiger charge is 2.14. The number of anilines is 1. The molecule has 0 atom stereocenters. The van der Waals surface area contributed by atoms with Crippen LogP contribution in [-0.4, -0.2) is 29.7 Å². The average molecular weight is 368 g/mol. The van der Waals surface area contributed by atoms with Gasteiger partial charge >= 0.3 is 0 Å². The molecule has 0 aliphatic rings. The number of nitrogen functional groups attached to an aromatic ring is 1. The van der Waals surface area contributed by atoms with Crippen LogP contribution in [0.5, 0.6) is 5.75 Å². The molecule has 1 aromatic carbocycles. The van der Waals surface area contributed by atoms with Crippen LogP contribution in [0.25, 0.3) is 22.0 Å². The molecule has 4 rings (SSSR count). The van der Waals surface area contributed by atoms with Crippen LogP contribution in [0.2, 0.25) is 5.02 Å². The predicted octanol–water partition coefficient (Wildman–Crippen LogP) is 2.63. The molecule has 9 heteroatoms. The normalized spacial score (nSPS) is 11.0. The number of hydrogen-bond acceptors (Lipinski definition) is 7. The molecule has 3 aromatic heterocycles. The number of aromatic nitrogens is 6. The van der Waals surface area contributed by atoms with Crippen LogP contribution < -0.4 is 10.5 Å². The third kappa shape index (κ3) is 3.02. The smallest absolute Gasteiger partial charge is 0.188 e. The summed E-state index contributed by atoms with van der Waals surface area (Å²) in [6.45, 7) is 0.211. The first-order valence-electron chi connectivity index (χ1n) is 7.73. The van der Waals surface area contributed by atoms with Crippen molar-refractivity contribution in [2.45, 2.75) is 6.61 Å². The standard InChI is InChI=1S/C17H14ClN7O/c1-25-9-23-14(24-25)7-26-13-3-2-12(10-4-11(18)6-20-5-10)16-15(13)17(19)22-8-21-16/h2-6,8-9H,7H2,1H3,(H2,19,21,22). The fourth-order valence-electron chi connectivity index (χ4n) is 2.67. The van der Waals surface area contributed by atoms with Gasteiger partial charge in [0.2, 0.25) is 0 Å². The van der Waals surface area contributed by atoms with Crippen molar-refractivity contribution in [3.8, 4) is 16.9 Å². The second kappa shape index (κ2) is 6.57. The van der Waals surface area contributed by atoms with Crippen LogP contribution in [0.3, 0.4) is 0 Å². The van der Waals surface area contributed by atoms with Crippen molar-refractivity contribution >= 4 is 28.3 Å². The van der Waals surface area contributed by atoms with Gasteiger partial charge in [-0.2, -0.15) is 5.10 Å². The molecule has 8 nitrogen and oxygen atoms in total. The van der Waals surface area contributed by atoms with Gasteiger partial charge in [0, 0.05) is 30.6 Å². The molecule has 130 valence electrons. The first-order valence-corrected chi connectivity index (χ1v) is 8.11. The molecule has 0 saturated heterocycles. The van der Waals surface area contributed by atoms with Gasteiger partial charge in [0.25, 0.3) is 0 Å². The second-order valence-corrected chi connectivity index (χ2v) is 6.05. The molecule has 3 heterocycles. The van der Waals surface area contributed by atoms with Gasteiger partial charge < -0.3 is 10.5 Å². The summed E-state index contributed by atoms with van der Waals surface area (Å²) in [6, 6.07) is 5.53. The van der Waals surface area contributed by atoms with Crippen LogP contribution in [-0.2, 0) is 13.7 Å². The number of halogens is 1. The fourth-order valence-corrected chi connectivity index (χ4v) is 2.85. The number of fused-ring (bicyclic) bond motifs is 1. The number of pyridine rings is 1. The maximum atomic E-state index is 6.10. The van der Waals surface area contributed by atoms with Crippen molar-refractivity contribution in [3.63, 3.8) is 0 Å². The Balaban J connectivity index is 1.79. The van der Waals surface area contributed by atoms with Gasteiger partial charge in [0.05, 0.1) is 15.9 Å². The van der Waals surface area contributed by atoms with Gasteiger partial charge in [-0.3, -0.25) is 9.67 Å². The first kappa shape index (κ1) is 16.2. The van der Waals surface area contributed by atoms with Crippen molar-refractivity contribution in [1.82, 2.24) is 29.7 Å². The molecule has 26 heavy (non-hydrogen) atoms. The van der Waals surface area contributed by atoms with Crippen molar-refractivity contribution in [2.75, 3.05) is 5.73 Å². The highest BCUT2D eigenvalue weighted by atomic mass is 35.5. The zero-order chi connectivity index (χ0) is 18.1. The highest BCUT2D eigenvalue weighted by molar-refractivity contribution is 6.30. The number of nitrogens with two attached hydrogens (primary N) is 1. The summed E-state index contributed by atoms with van der Waals surface area (Å²) in [7, 11) is 1.80. The van der Waals surface area contributed by atoms with Crippen LogP contribution in [0.4, 0.5) is 5.82 Å². The number of aryl methyl sites for hydroxylation is 1. The largest absolute Gasteiger partial charge is 0.485 e. The third-order valence-electron chi connectivity index (χ3n) is 3.80. The minimum atomic E-state index is 0.211. The summed E-state index contributed by atoms with van der Waals surface area (Å²) in [5.41, 5.74) is 8.43. The van der Waals surface area contributed by atoms with Crippen LogP contribution in [0.15, 0.2) is 43.2 Å². The molecular formula is C17H14ClN7O. The zero-order valence-corrected chi connectivity index (χ0v) is 14.6. The minimum Gasteiger partial charge on any atom is -0.485 e. The predicted molar refractivity (Wildman–Crippen MR) is 97.5 cm³/mol. The van der Waals surface area contributed by atoms with Gasteiger partial charge in [-0.15, -0.1) is 0 Å². The lowest BCUT2D eigenvalue weighted by Crippen LogP contribution is -2.02. The number of ether oxygens (including phenoxy) is 1. The summed E-state index contributed by atoms with van der Waals surface area (Å²) in [4.78, 5) is 16.8. The molecule has 0 spiro atoms. The summed E-state index contributed by atoms with van der Waals surface area (Å²) in [6.07, 6.45) is 6.33. The summed E-state index contributed by atoms with van der Waals surface area (Å²) in [5.74, 6) is 1.46. The highest BCUT2D eigenvalue weighted by Crippen LogP contribution is 2.36. The van der Waals surface area contributed by atoms with Gasteiger partial charge in [0.15, 0.2) is 5.82 Å². The first-order chi connectivity index (χ1) is 12.6. The van der Waals surface area contributed by atoms with Crippen LogP contribution in [0.1, 0.15) is 5.82 Å². The SMILES string of the molecule is Cn1cnc(COc2ccc(-c3cncc(Cl)c3)c3ncnc(N)c23)n1. The van der Waals surface area contributed by atoms with Gasteiger partial charge in [-0.05, 0) is 18.2 Å². The van der Waals surface area contributed by atoms with Crippen molar-refractivity contribution < 1.29 is 4.74 Å². The Morgan fingerprint density at radius 2 is 2.08 bits per heavy atom. The van der Waals surface area contributed by atoms with E-state index in [4.69, 9.17) is 22.1 Å². The molecule has 0 aliphatic heterocycles. The van der Waals surface area contributed by atoms with E-state index in [0.29, 0.717) is 33.3 Å². The number of hydrogen-bond donors (Lipinski definition) is 1. The maximum absolute atomic E-state index is 6.10. The lowest BCUT2D eigenvalue weighted by Gasteiger charge is -2.12. The quantitative estimate of drug-likeness (QED) is 0.591. The minimum absolute atomic E-state index is 0.211. The van der Waals surface area contributed by atoms with Gasteiger partial charge in [0.1, 0.15) is 30.8 Å². The zero-order valence-electron chi connectivity index (χ0n) is 13.8. The van der Waals surface area contributed by atoms with E-state index in [1.165, 1.54) is 6.33 Å². The molecule has 0 aliphatic carbocycles. The van der Waals surface area contributed by atoms with E-state index in [1.807, 2.05) is 18.2 Å². The lowest BCUT2D eigenvalue weighted by molar-refractivity contribution is 0.299. The number of nitrogens with zero attached hydrogens (tertiary/aromatic N) is 6. The second-order valence-electron chi connectivity index (χ2n) is 5.61. The monoisotopic (exact) mass is 367 g/mol. The molecule has 2 N–H and O–H groups in total. The Morgan fingerprint density at radius 3 is 2.85 bits per heavy atom. The van der Waals surface area contributed by atoms with E-state index < -0.39 is 0 Å². The Kier molecular flexibility index (Phi) is 4.10. The Hall–Kier alpha value is -3.26. The van der Waals surface area contributed by atoms with E-state index in [9.17, 15) is 0 Å². The molecule has 0 amide bonds. The average Bonchev–Trinajstić information content (AvgIpc) is 3.05. The molecular weight excluding hydrogens is 354 g/mol. The van der Waals surface area contributed by atoms with Crippen LogP contribution in [0, 0.1) is 0 Å². The van der Waals surface area contributed by atoms with E-state index in [-0.39, 0.29) is 6.61 Å². The molecule has 0 unspecified atom stereocenters. The van der Waals surface area contributed by atoms with Crippen molar-refractivity contribution in [1.29, 1.82) is 0 Å². The summed E-state index contributed by atoms with van der Waals surface area (Å²) in [5, 5.41) is 5.37. The number of benzene rings is 1. The molecule has 4 aromatic rings. The Morgan fingerprint density at radius 1 is 1.19 bits per heavy atom. The Labute approximate surface area is 153 Å². The summed E-state index contributed by atoms with van der Waals surface area (Å²) >= 11 is 6.07. The van der Waals surface area contributed by atoms with Crippen LogP contribution >= 0.6 is 11.6 Å². The van der Waals surface area contributed by atoms with Gasteiger partial charge in [-0.1, -0.05) is 11.6 Å². The molecule has 0 bridgehead atoms. The molecule has 0 fully saturated rings. The third-order valence-corrected chi connectivity index (χ3v) is 4.01. The van der Waals surface area contributed by atoms with E-state index in [0.717, 1.165) is 11.1 Å². The van der Waals surface area contributed by atoms with Crippen molar-refractivity contribution in [3.05, 3.63) is 54.1 Å². The van der Waals surface area contributed by atoms with Crippen molar-refractivity contribution in [2.24, 2.45) is 7.05 Å². The molecule has 0 saturated carbocycles. The van der Waals surface area contributed by atoms with E-state index in [2.05, 4.69) is 25.0 Å². The lowest BCUT2D eigenvalue weighted by atomic mass is 10.0. The van der Waals surface area contributed by atoms with Gasteiger partial charge in [-0.25, -0.2) is 15.0 Å². The number of rotatable bonds is 4. The summed E-state index contributed by atoms with van der Waals surface area (Å²) < 4.78 is 7.49. The molecule has 0 radical (unpaired) electrons.